The van der Waals surface area contributed by atoms with E-state index in [0.29, 0.717) is 11.6 Å². The lowest BCUT2D eigenvalue weighted by atomic mass is 9.86. The van der Waals surface area contributed by atoms with Crippen LogP contribution in [0, 0.1) is 12.3 Å². The number of aromatic nitrogens is 1. The molecule has 2 rings (SSSR count). The SMILES string of the molecule is Cc1nc(C(C)C)oc1C(=O)N1CCS(=O)(=O)CC1C(C)(C)C. The van der Waals surface area contributed by atoms with Crippen molar-refractivity contribution in [3.63, 3.8) is 0 Å². The Morgan fingerprint density at radius 3 is 2.43 bits per heavy atom. The molecule has 0 radical (unpaired) electrons. The smallest absolute Gasteiger partial charge is 0.291 e. The van der Waals surface area contributed by atoms with E-state index in [4.69, 9.17) is 4.42 Å². The Morgan fingerprint density at radius 1 is 1.35 bits per heavy atom. The van der Waals surface area contributed by atoms with Gasteiger partial charge in [0.05, 0.1) is 23.2 Å². The first kappa shape index (κ1) is 18.0. The van der Waals surface area contributed by atoms with Crippen LogP contribution < -0.4 is 0 Å². The maximum Gasteiger partial charge on any atom is 0.291 e. The van der Waals surface area contributed by atoms with E-state index in [1.165, 1.54) is 0 Å². The Labute approximate surface area is 138 Å². The van der Waals surface area contributed by atoms with Gasteiger partial charge in [-0.1, -0.05) is 34.6 Å². The minimum Gasteiger partial charge on any atom is -0.435 e. The van der Waals surface area contributed by atoms with E-state index in [-0.39, 0.29) is 47.1 Å². The summed E-state index contributed by atoms with van der Waals surface area (Å²) in [7, 11) is -3.12. The molecule has 23 heavy (non-hydrogen) atoms. The number of hydrogen-bond donors (Lipinski definition) is 0. The molecule has 0 spiro atoms. The van der Waals surface area contributed by atoms with E-state index < -0.39 is 9.84 Å². The summed E-state index contributed by atoms with van der Waals surface area (Å²) in [6.07, 6.45) is 0. The standard InChI is InChI=1S/C16H26N2O4S/c1-10(2)14-17-11(3)13(22-14)15(19)18-7-8-23(20,21)9-12(18)16(4,5)6/h10,12H,7-9H2,1-6H3. The van der Waals surface area contributed by atoms with E-state index >= 15 is 0 Å². The molecule has 130 valence electrons. The third kappa shape index (κ3) is 3.76. The van der Waals surface area contributed by atoms with Gasteiger partial charge >= 0.3 is 0 Å². The molecule has 1 aromatic rings. The fourth-order valence-electron chi connectivity index (χ4n) is 2.76. The molecule has 1 atom stereocenters. The molecule has 0 bridgehead atoms. The van der Waals surface area contributed by atoms with Crippen LogP contribution in [0.2, 0.25) is 0 Å². The molecule has 1 aliphatic heterocycles. The van der Waals surface area contributed by atoms with Gasteiger partial charge in [-0.25, -0.2) is 13.4 Å². The molecule has 1 aromatic heterocycles. The van der Waals surface area contributed by atoms with Crippen LogP contribution in [0.3, 0.4) is 0 Å². The maximum atomic E-state index is 12.9. The normalized spacial score (nSPS) is 21.7. The molecule has 1 amide bonds. The highest BCUT2D eigenvalue weighted by Gasteiger charge is 2.42. The second-order valence-electron chi connectivity index (χ2n) is 7.62. The summed E-state index contributed by atoms with van der Waals surface area (Å²) in [4.78, 5) is 18.9. The number of hydrogen-bond acceptors (Lipinski definition) is 5. The topological polar surface area (TPSA) is 80.5 Å². The van der Waals surface area contributed by atoms with Crippen LogP contribution in [0.15, 0.2) is 4.42 Å². The van der Waals surface area contributed by atoms with Crippen molar-refractivity contribution in [2.24, 2.45) is 5.41 Å². The second kappa shape index (κ2) is 5.92. The zero-order chi connectivity index (χ0) is 17.6. The fraction of sp³-hybridized carbons (Fsp3) is 0.750. The number of sulfone groups is 1. The number of carbonyl (C=O) groups is 1. The highest BCUT2D eigenvalue weighted by Crippen LogP contribution is 2.31. The van der Waals surface area contributed by atoms with Crippen LogP contribution in [-0.2, 0) is 9.84 Å². The minimum absolute atomic E-state index is 0.00442. The summed E-state index contributed by atoms with van der Waals surface area (Å²) in [5.41, 5.74) is 0.220. The first-order valence-corrected chi connectivity index (χ1v) is 9.73. The van der Waals surface area contributed by atoms with Crippen molar-refractivity contribution < 1.29 is 17.6 Å². The third-order valence-corrected chi connectivity index (χ3v) is 5.82. The van der Waals surface area contributed by atoms with Crippen molar-refractivity contribution in [1.29, 1.82) is 0 Å². The zero-order valence-electron chi connectivity index (χ0n) is 14.7. The van der Waals surface area contributed by atoms with Crippen molar-refractivity contribution in [3.05, 3.63) is 17.3 Å². The van der Waals surface area contributed by atoms with E-state index in [2.05, 4.69) is 4.98 Å². The Kier molecular flexibility index (Phi) is 4.63. The Balaban J connectivity index is 2.37. The van der Waals surface area contributed by atoms with Crippen LogP contribution in [0.5, 0.6) is 0 Å². The third-order valence-electron chi connectivity index (χ3n) is 4.19. The summed E-state index contributed by atoms with van der Waals surface area (Å²) >= 11 is 0. The average molecular weight is 342 g/mol. The van der Waals surface area contributed by atoms with Crippen molar-refractivity contribution in [1.82, 2.24) is 9.88 Å². The first-order valence-electron chi connectivity index (χ1n) is 7.91. The van der Waals surface area contributed by atoms with E-state index in [0.717, 1.165) is 0 Å². The molecule has 1 unspecified atom stereocenters. The number of amides is 1. The van der Waals surface area contributed by atoms with Gasteiger partial charge in [-0.3, -0.25) is 4.79 Å². The van der Waals surface area contributed by atoms with Gasteiger partial charge < -0.3 is 9.32 Å². The summed E-state index contributed by atoms with van der Waals surface area (Å²) in [6, 6.07) is -0.374. The molecular formula is C16H26N2O4S. The quantitative estimate of drug-likeness (QED) is 0.824. The van der Waals surface area contributed by atoms with Crippen molar-refractivity contribution in [2.45, 2.75) is 53.5 Å². The largest absolute Gasteiger partial charge is 0.435 e. The molecular weight excluding hydrogens is 316 g/mol. The summed E-state index contributed by atoms with van der Waals surface area (Å²) in [6.45, 7) is 11.7. The van der Waals surface area contributed by atoms with Crippen LogP contribution in [0.4, 0.5) is 0 Å². The highest BCUT2D eigenvalue weighted by molar-refractivity contribution is 7.91. The van der Waals surface area contributed by atoms with Crippen LogP contribution in [0.1, 0.15) is 62.7 Å². The zero-order valence-corrected chi connectivity index (χ0v) is 15.5. The lowest BCUT2D eigenvalue weighted by Gasteiger charge is -2.42. The molecule has 0 aromatic carbocycles. The monoisotopic (exact) mass is 342 g/mol. The van der Waals surface area contributed by atoms with Gasteiger partial charge in [-0.15, -0.1) is 0 Å². The summed E-state index contributed by atoms with van der Waals surface area (Å²) < 4.78 is 29.6. The van der Waals surface area contributed by atoms with Crippen molar-refractivity contribution >= 4 is 15.7 Å². The lowest BCUT2D eigenvalue weighted by molar-refractivity contribution is 0.0527. The van der Waals surface area contributed by atoms with Crippen molar-refractivity contribution in [3.8, 4) is 0 Å². The maximum absolute atomic E-state index is 12.9. The van der Waals surface area contributed by atoms with Gasteiger partial charge in [-0.2, -0.15) is 0 Å². The Morgan fingerprint density at radius 2 is 1.96 bits per heavy atom. The van der Waals surface area contributed by atoms with Crippen LogP contribution >= 0.6 is 0 Å². The van der Waals surface area contributed by atoms with E-state index in [1.807, 2.05) is 34.6 Å². The number of aryl methyl sites for hydroxylation is 1. The predicted octanol–water partition coefficient (Wildman–Crippen LogP) is 2.39. The van der Waals surface area contributed by atoms with Gasteiger partial charge in [0.15, 0.2) is 15.7 Å². The van der Waals surface area contributed by atoms with Gasteiger partial charge in [0.2, 0.25) is 5.76 Å². The van der Waals surface area contributed by atoms with Crippen LogP contribution in [-0.4, -0.2) is 48.3 Å². The molecule has 1 fully saturated rings. The lowest BCUT2D eigenvalue weighted by Crippen LogP contribution is -2.56. The molecule has 7 heteroatoms. The molecule has 0 saturated carbocycles. The van der Waals surface area contributed by atoms with Gasteiger partial charge in [-0.05, 0) is 12.3 Å². The molecule has 6 nitrogen and oxygen atoms in total. The van der Waals surface area contributed by atoms with Crippen LogP contribution in [0.25, 0.3) is 0 Å². The van der Waals surface area contributed by atoms with Gasteiger partial charge in [0, 0.05) is 12.5 Å². The summed E-state index contributed by atoms with van der Waals surface area (Å²) in [5.74, 6) is 0.569. The molecule has 2 heterocycles. The molecule has 1 aliphatic rings. The van der Waals surface area contributed by atoms with Gasteiger partial charge in [0.1, 0.15) is 0 Å². The Hall–Kier alpha value is -1.37. The number of oxazole rings is 1. The molecule has 0 N–H and O–H groups in total. The van der Waals surface area contributed by atoms with Crippen molar-refractivity contribution in [2.75, 3.05) is 18.1 Å². The number of nitrogens with zero attached hydrogens (tertiary/aromatic N) is 2. The number of carbonyl (C=O) groups excluding carboxylic acids is 1. The second-order valence-corrected chi connectivity index (χ2v) is 9.84. The number of rotatable bonds is 2. The predicted molar refractivity (Wildman–Crippen MR) is 88.3 cm³/mol. The summed E-state index contributed by atoms with van der Waals surface area (Å²) in [5, 5.41) is 0. The Bertz CT molecular complexity index is 698. The average Bonchev–Trinajstić information content (AvgIpc) is 2.78. The van der Waals surface area contributed by atoms with E-state index in [1.54, 1.807) is 11.8 Å². The van der Waals surface area contributed by atoms with E-state index in [9.17, 15) is 13.2 Å². The highest BCUT2D eigenvalue weighted by atomic mass is 32.2. The molecule has 0 aliphatic carbocycles. The minimum atomic E-state index is -3.12. The fourth-order valence-corrected chi connectivity index (χ4v) is 4.56. The first-order chi connectivity index (χ1) is 10.4. The van der Waals surface area contributed by atoms with Gasteiger partial charge in [0.25, 0.3) is 5.91 Å². The molecule has 1 saturated heterocycles.